The van der Waals surface area contributed by atoms with Gasteiger partial charge >= 0.3 is 5.69 Å². The molecule has 1 atom stereocenters. The monoisotopic (exact) mass is 413 g/mol. The fourth-order valence-electron chi connectivity index (χ4n) is 3.84. The molecule has 4 rings (SSSR count). The molecule has 0 saturated heterocycles. The van der Waals surface area contributed by atoms with Crippen molar-refractivity contribution >= 4 is 38.6 Å². The molecule has 1 unspecified atom stereocenters. The second-order valence-electron chi connectivity index (χ2n) is 6.83. The Kier molecular flexibility index (Phi) is 4.23. The van der Waals surface area contributed by atoms with E-state index in [-0.39, 0.29) is 17.6 Å². The minimum Gasteiger partial charge on any atom is -0.315 e. The summed E-state index contributed by atoms with van der Waals surface area (Å²) in [7, 11) is 3.58. The molecule has 6 heteroatoms. The molecule has 0 fully saturated rings. The van der Waals surface area contributed by atoms with Crippen molar-refractivity contribution in [3.05, 3.63) is 63.0 Å². The van der Waals surface area contributed by atoms with Gasteiger partial charge in [-0.25, -0.2) is 4.79 Å². The summed E-state index contributed by atoms with van der Waals surface area (Å²) in [6, 6.07) is 13.5. The lowest BCUT2D eigenvalue weighted by molar-refractivity contribution is -0.119. The highest BCUT2D eigenvalue weighted by molar-refractivity contribution is 9.10. The highest BCUT2D eigenvalue weighted by Gasteiger charge is 2.28. The van der Waals surface area contributed by atoms with Crippen LogP contribution < -0.4 is 10.6 Å². The molecule has 1 aliphatic heterocycles. The maximum Gasteiger partial charge on any atom is 0.329 e. The van der Waals surface area contributed by atoms with Crippen molar-refractivity contribution in [2.75, 3.05) is 11.9 Å². The van der Waals surface area contributed by atoms with E-state index in [0.717, 1.165) is 39.6 Å². The van der Waals surface area contributed by atoms with Crippen molar-refractivity contribution in [2.45, 2.75) is 25.3 Å². The first kappa shape index (κ1) is 17.1. The Bertz CT molecular complexity index is 1050. The van der Waals surface area contributed by atoms with E-state index in [1.807, 2.05) is 41.0 Å². The molecule has 2 aromatic carbocycles. The van der Waals surface area contributed by atoms with Gasteiger partial charge in [-0.15, -0.1) is 0 Å². The number of aromatic nitrogens is 2. The summed E-state index contributed by atoms with van der Waals surface area (Å²) in [4.78, 5) is 27.3. The van der Waals surface area contributed by atoms with E-state index in [0.29, 0.717) is 6.42 Å². The number of carbonyl (C=O) groups is 1. The van der Waals surface area contributed by atoms with Crippen molar-refractivity contribution in [3.63, 3.8) is 0 Å². The number of imidazole rings is 1. The molecule has 134 valence electrons. The normalized spacial score (nSPS) is 16.0. The predicted molar refractivity (Wildman–Crippen MR) is 107 cm³/mol. The van der Waals surface area contributed by atoms with Gasteiger partial charge in [0.25, 0.3) is 0 Å². The molecule has 0 spiro atoms. The third-order valence-corrected chi connectivity index (χ3v) is 5.73. The van der Waals surface area contributed by atoms with Crippen LogP contribution in [0.15, 0.2) is 51.7 Å². The summed E-state index contributed by atoms with van der Waals surface area (Å²) in [6.45, 7) is 0. The maximum atomic E-state index is 12.8. The van der Waals surface area contributed by atoms with Crippen LogP contribution >= 0.6 is 15.9 Å². The summed E-state index contributed by atoms with van der Waals surface area (Å²) in [6.07, 6.45) is 1.98. The highest BCUT2D eigenvalue weighted by atomic mass is 79.9. The molecule has 1 aliphatic rings. The van der Waals surface area contributed by atoms with E-state index >= 15 is 0 Å². The van der Waals surface area contributed by atoms with Crippen molar-refractivity contribution in [1.29, 1.82) is 0 Å². The van der Waals surface area contributed by atoms with Gasteiger partial charge < -0.3 is 4.90 Å². The average molecular weight is 414 g/mol. The Morgan fingerprint density at radius 2 is 2.00 bits per heavy atom. The van der Waals surface area contributed by atoms with Crippen LogP contribution in [0.25, 0.3) is 11.0 Å². The zero-order chi connectivity index (χ0) is 18.4. The fourth-order valence-corrected chi connectivity index (χ4v) is 4.34. The van der Waals surface area contributed by atoms with Crippen LogP contribution in [0.1, 0.15) is 24.4 Å². The Morgan fingerprint density at radius 3 is 2.73 bits per heavy atom. The van der Waals surface area contributed by atoms with Gasteiger partial charge in [0, 0.05) is 36.7 Å². The molecule has 3 aromatic rings. The van der Waals surface area contributed by atoms with Crippen LogP contribution in [0.2, 0.25) is 0 Å². The number of aryl methyl sites for hydroxylation is 2. The molecule has 0 bridgehead atoms. The lowest BCUT2D eigenvalue weighted by Gasteiger charge is -2.26. The molecule has 2 heterocycles. The Hall–Kier alpha value is -2.34. The number of para-hydroxylation sites is 1. The molecule has 1 aromatic heterocycles. The zero-order valence-corrected chi connectivity index (χ0v) is 16.4. The zero-order valence-electron chi connectivity index (χ0n) is 14.8. The van der Waals surface area contributed by atoms with Gasteiger partial charge in [-0.2, -0.15) is 0 Å². The van der Waals surface area contributed by atoms with Gasteiger partial charge in [0.2, 0.25) is 5.91 Å². The summed E-state index contributed by atoms with van der Waals surface area (Å²) >= 11 is 3.53. The number of halogens is 1. The molecule has 5 nitrogen and oxygen atoms in total. The van der Waals surface area contributed by atoms with E-state index < -0.39 is 0 Å². The minimum atomic E-state index is -0.112. The quantitative estimate of drug-likeness (QED) is 0.657. The van der Waals surface area contributed by atoms with Crippen LogP contribution in [0, 0.1) is 0 Å². The molecule has 0 aliphatic carbocycles. The Morgan fingerprint density at radius 1 is 1.27 bits per heavy atom. The minimum absolute atomic E-state index is 0.0191. The third-order valence-electron chi connectivity index (χ3n) is 5.27. The number of hydrogen-bond acceptors (Lipinski definition) is 2. The van der Waals surface area contributed by atoms with E-state index in [9.17, 15) is 9.59 Å². The standard InChI is InChI=1S/C20H20BrN3O2/c1-22(15-6-4-3-5-7-15)18(25)12-16-9-8-13-10-14(21)11-17-19(13)24(16)20(26)23(17)2/h3-7,10-11,16H,8-9,12H2,1-2H3. The van der Waals surface area contributed by atoms with Crippen LogP contribution in [-0.2, 0) is 18.3 Å². The van der Waals surface area contributed by atoms with Crippen LogP contribution in [0.5, 0.6) is 0 Å². The molecule has 0 radical (unpaired) electrons. The van der Waals surface area contributed by atoms with Crippen molar-refractivity contribution in [1.82, 2.24) is 9.13 Å². The van der Waals surface area contributed by atoms with Gasteiger partial charge in [0.1, 0.15) is 0 Å². The average Bonchev–Trinajstić information content (AvgIpc) is 2.90. The number of rotatable bonds is 3. The first-order valence-electron chi connectivity index (χ1n) is 8.68. The van der Waals surface area contributed by atoms with Gasteiger partial charge in [-0.05, 0) is 42.7 Å². The smallest absolute Gasteiger partial charge is 0.315 e. The van der Waals surface area contributed by atoms with E-state index in [1.165, 1.54) is 0 Å². The lowest BCUT2D eigenvalue weighted by Crippen LogP contribution is -2.34. The topological polar surface area (TPSA) is 47.2 Å². The van der Waals surface area contributed by atoms with Gasteiger partial charge in [-0.1, -0.05) is 34.1 Å². The van der Waals surface area contributed by atoms with E-state index in [1.54, 1.807) is 23.6 Å². The number of amides is 1. The molecule has 0 N–H and O–H groups in total. The number of anilines is 1. The second kappa shape index (κ2) is 6.43. The molecular formula is C20H20BrN3O2. The first-order valence-corrected chi connectivity index (χ1v) is 9.47. The summed E-state index contributed by atoms with van der Waals surface area (Å²) in [5.74, 6) is 0.0191. The molecule has 1 amide bonds. The van der Waals surface area contributed by atoms with Crippen molar-refractivity contribution in [2.24, 2.45) is 7.05 Å². The number of carbonyl (C=O) groups excluding carboxylic acids is 1. The van der Waals surface area contributed by atoms with Gasteiger partial charge in [0.05, 0.1) is 11.0 Å². The largest absolute Gasteiger partial charge is 0.329 e. The summed E-state index contributed by atoms with van der Waals surface area (Å²) < 4.78 is 4.47. The van der Waals surface area contributed by atoms with Crippen LogP contribution in [-0.4, -0.2) is 22.1 Å². The first-order chi connectivity index (χ1) is 12.5. The van der Waals surface area contributed by atoms with Crippen molar-refractivity contribution < 1.29 is 4.79 Å². The number of nitrogens with zero attached hydrogens (tertiary/aromatic N) is 3. The Labute approximate surface area is 160 Å². The number of benzene rings is 2. The van der Waals surface area contributed by atoms with E-state index in [4.69, 9.17) is 0 Å². The summed E-state index contributed by atoms with van der Waals surface area (Å²) in [5, 5.41) is 0. The second-order valence-corrected chi connectivity index (χ2v) is 7.74. The molecular weight excluding hydrogens is 394 g/mol. The third kappa shape index (κ3) is 2.69. The Balaban J connectivity index is 1.70. The van der Waals surface area contributed by atoms with Gasteiger partial charge in [-0.3, -0.25) is 13.9 Å². The lowest BCUT2D eigenvalue weighted by atomic mass is 9.96. The van der Waals surface area contributed by atoms with E-state index in [2.05, 4.69) is 22.0 Å². The summed E-state index contributed by atoms with van der Waals surface area (Å²) in [5.41, 5.74) is 3.84. The molecule has 0 saturated carbocycles. The van der Waals surface area contributed by atoms with Crippen LogP contribution in [0.3, 0.4) is 0 Å². The fraction of sp³-hybridized carbons (Fsp3) is 0.300. The maximum absolute atomic E-state index is 12.8. The van der Waals surface area contributed by atoms with Crippen molar-refractivity contribution in [3.8, 4) is 0 Å². The number of hydrogen-bond donors (Lipinski definition) is 0. The SMILES string of the molecule is CN(C(=O)CC1CCc2cc(Br)cc3c2n1c(=O)n3C)c1ccccc1. The highest BCUT2D eigenvalue weighted by Crippen LogP contribution is 2.34. The van der Waals surface area contributed by atoms with Crippen LogP contribution in [0.4, 0.5) is 5.69 Å². The predicted octanol–water partition coefficient (Wildman–Crippen LogP) is 3.64. The molecule has 26 heavy (non-hydrogen) atoms. The van der Waals surface area contributed by atoms with Gasteiger partial charge in [0.15, 0.2) is 0 Å².